The van der Waals surface area contributed by atoms with Gasteiger partial charge in [-0.15, -0.1) is 11.8 Å². The van der Waals surface area contributed by atoms with Gasteiger partial charge in [0.25, 0.3) is 5.91 Å². The van der Waals surface area contributed by atoms with E-state index in [0.29, 0.717) is 29.3 Å². The van der Waals surface area contributed by atoms with Crippen molar-refractivity contribution in [2.24, 2.45) is 0 Å². The van der Waals surface area contributed by atoms with Crippen molar-refractivity contribution in [3.63, 3.8) is 0 Å². The number of likely N-dealkylation sites (N-methyl/N-ethyl adjacent to an activating group) is 1. The molecule has 1 amide bonds. The molecule has 3 rings (SSSR count). The molecule has 4 nitrogen and oxygen atoms in total. The number of anilines is 1. The first-order valence-corrected chi connectivity index (χ1v) is 10.5. The number of hydrogen-bond donors (Lipinski definition) is 0. The highest BCUT2D eigenvalue weighted by molar-refractivity contribution is 7.99. The van der Waals surface area contributed by atoms with E-state index >= 15 is 0 Å². The Morgan fingerprint density at radius 1 is 1.19 bits per heavy atom. The highest BCUT2D eigenvalue weighted by Gasteiger charge is 2.22. The van der Waals surface area contributed by atoms with Gasteiger partial charge in [-0.25, -0.2) is 9.37 Å². The van der Waals surface area contributed by atoms with Crippen molar-refractivity contribution in [3.8, 4) is 0 Å². The van der Waals surface area contributed by atoms with Crippen LogP contribution in [-0.2, 0) is 0 Å². The largest absolute Gasteiger partial charge is 0.308 e. The van der Waals surface area contributed by atoms with Gasteiger partial charge in [-0.3, -0.25) is 9.69 Å². The van der Waals surface area contributed by atoms with Crippen molar-refractivity contribution in [2.75, 3.05) is 37.8 Å². The second kappa shape index (κ2) is 8.82. The minimum absolute atomic E-state index is 0.0880. The standard InChI is InChI=1S/C20H22FN3OS2/c1-4-26-16-7-5-6-14(12-16)19(25)24(11-10-23(2)3)20-22-17-9-8-15(21)13-18(17)27-20/h5-9,12-13H,4,10-11H2,1-3H3. The second-order valence-corrected chi connectivity index (χ2v) is 8.68. The van der Waals surface area contributed by atoms with Gasteiger partial charge < -0.3 is 4.90 Å². The van der Waals surface area contributed by atoms with Crippen LogP contribution in [0.3, 0.4) is 0 Å². The van der Waals surface area contributed by atoms with Crippen molar-refractivity contribution in [1.82, 2.24) is 9.88 Å². The van der Waals surface area contributed by atoms with E-state index in [4.69, 9.17) is 0 Å². The van der Waals surface area contributed by atoms with Gasteiger partial charge in [-0.2, -0.15) is 0 Å². The number of thioether (sulfide) groups is 1. The summed E-state index contributed by atoms with van der Waals surface area (Å²) in [5, 5.41) is 0.594. The van der Waals surface area contributed by atoms with E-state index in [1.54, 1.807) is 22.7 Å². The van der Waals surface area contributed by atoms with E-state index in [-0.39, 0.29) is 11.7 Å². The van der Waals surface area contributed by atoms with Gasteiger partial charge in [0.05, 0.1) is 10.2 Å². The lowest BCUT2D eigenvalue weighted by Crippen LogP contribution is -2.36. The maximum atomic E-state index is 13.5. The molecule has 0 aliphatic heterocycles. The third kappa shape index (κ3) is 4.86. The molecule has 0 bridgehead atoms. The van der Waals surface area contributed by atoms with Gasteiger partial charge in [0.15, 0.2) is 5.13 Å². The molecule has 142 valence electrons. The average molecular weight is 404 g/mol. The summed E-state index contributed by atoms with van der Waals surface area (Å²) in [6.45, 7) is 3.31. The zero-order valence-corrected chi connectivity index (χ0v) is 17.2. The third-order valence-corrected chi connectivity index (χ3v) is 5.90. The monoisotopic (exact) mass is 403 g/mol. The first-order chi connectivity index (χ1) is 13.0. The molecule has 0 saturated carbocycles. The Balaban J connectivity index is 1.96. The van der Waals surface area contributed by atoms with Gasteiger partial charge in [-0.1, -0.05) is 24.3 Å². The van der Waals surface area contributed by atoms with Gasteiger partial charge in [0.2, 0.25) is 0 Å². The molecule has 1 aromatic heterocycles. The molecular weight excluding hydrogens is 381 g/mol. The number of rotatable bonds is 7. The lowest BCUT2D eigenvalue weighted by Gasteiger charge is -2.22. The number of fused-ring (bicyclic) bond motifs is 1. The van der Waals surface area contributed by atoms with Gasteiger partial charge in [0.1, 0.15) is 5.82 Å². The van der Waals surface area contributed by atoms with Crippen LogP contribution >= 0.6 is 23.1 Å². The molecule has 3 aromatic rings. The molecular formula is C20H22FN3OS2. The van der Waals surface area contributed by atoms with Crippen molar-refractivity contribution < 1.29 is 9.18 Å². The molecule has 7 heteroatoms. The van der Waals surface area contributed by atoms with E-state index < -0.39 is 0 Å². The number of thiazole rings is 1. The Labute approximate surface area is 167 Å². The lowest BCUT2D eigenvalue weighted by atomic mass is 10.2. The molecule has 1 heterocycles. The zero-order valence-electron chi connectivity index (χ0n) is 15.6. The number of amides is 1. The van der Waals surface area contributed by atoms with Crippen molar-refractivity contribution in [1.29, 1.82) is 0 Å². The Bertz CT molecular complexity index is 942. The summed E-state index contributed by atoms with van der Waals surface area (Å²) < 4.78 is 14.3. The Hall–Kier alpha value is -1.96. The molecule has 0 fully saturated rings. The maximum Gasteiger partial charge on any atom is 0.260 e. The summed E-state index contributed by atoms with van der Waals surface area (Å²) in [5.41, 5.74) is 1.34. The van der Waals surface area contributed by atoms with Crippen LogP contribution in [0.5, 0.6) is 0 Å². The molecule has 0 radical (unpaired) electrons. The summed E-state index contributed by atoms with van der Waals surface area (Å²) in [6.07, 6.45) is 0. The fourth-order valence-electron chi connectivity index (χ4n) is 2.63. The van der Waals surface area contributed by atoms with Crippen molar-refractivity contribution in [2.45, 2.75) is 11.8 Å². The van der Waals surface area contributed by atoms with Crippen LogP contribution in [0.15, 0.2) is 47.4 Å². The van der Waals surface area contributed by atoms with Crippen molar-refractivity contribution in [3.05, 3.63) is 53.8 Å². The maximum absolute atomic E-state index is 13.5. The van der Waals surface area contributed by atoms with Crippen LogP contribution < -0.4 is 4.90 Å². The molecule has 0 atom stereocenters. The highest BCUT2D eigenvalue weighted by atomic mass is 32.2. The van der Waals surface area contributed by atoms with E-state index in [0.717, 1.165) is 15.3 Å². The quantitative estimate of drug-likeness (QED) is 0.533. The molecule has 0 unspecified atom stereocenters. The van der Waals surface area contributed by atoms with Crippen LogP contribution in [0.1, 0.15) is 17.3 Å². The normalized spacial score (nSPS) is 11.3. The number of hydrogen-bond acceptors (Lipinski definition) is 5. The summed E-state index contributed by atoms with van der Waals surface area (Å²) in [5.74, 6) is 0.564. The van der Waals surface area contributed by atoms with Crippen LogP contribution in [0.4, 0.5) is 9.52 Å². The number of aromatic nitrogens is 1. The van der Waals surface area contributed by atoms with Crippen molar-refractivity contribution >= 4 is 44.4 Å². The fraction of sp³-hybridized carbons (Fsp3) is 0.300. The van der Waals surface area contributed by atoms with Crippen LogP contribution in [-0.4, -0.2) is 48.7 Å². The summed E-state index contributed by atoms with van der Waals surface area (Å²) in [7, 11) is 3.93. The molecule has 0 spiro atoms. The molecule has 2 aromatic carbocycles. The third-order valence-electron chi connectivity index (χ3n) is 3.98. The number of benzene rings is 2. The first-order valence-electron chi connectivity index (χ1n) is 8.73. The Morgan fingerprint density at radius 2 is 2.00 bits per heavy atom. The minimum Gasteiger partial charge on any atom is -0.308 e. The number of halogens is 1. The highest BCUT2D eigenvalue weighted by Crippen LogP contribution is 2.30. The minimum atomic E-state index is -0.298. The number of carbonyl (C=O) groups excluding carboxylic acids is 1. The summed E-state index contributed by atoms with van der Waals surface area (Å²) in [4.78, 5) is 22.6. The van der Waals surface area contributed by atoms with E-state index in [1.807, 2.05) is 43.3 Å². The summed E-state index contributed by atoms with van der Waals surface area (Å²) in [6, 6.07) is 12.2. The smallest absolute Gasteiger partial charge is 0.260 e. The Morgan fingerprint density at radius 3 is 2.74 bits per heavy atom. The van der Waals surface area contributed by atoms with Gasteiger partial charge >= 0.3 is 0 Å². The topological polar surface area (TPSA) is 36.4 Å². The fourth-order valence-corrected chi connectivity index (χ4v) is 4.36. The predicted octanol–water partition coefficient (Wildman–Crippen LogP) is 4.76. The Kier molecular flexibility index (Phi) is 6.46. The summed E-state index contributed by atoms with van der Waals surface area (Å²) >= 11 is 3.04. The van der Waals surface area contributed by atoms with Crippen LogP contribution in [0.25, 0.3) is 10.2 Å². The van der Waals surface area contributed by atoms with Crippen LogP contribution in [0, 0.1) is 5.82 Å². The molecule has 0 aliphatic carbocycles. The zero-order chi connectivity index (χ0) is 19.4. The van der Waals surface area contributed by atoms with E-state index in [1.165, 1.54) is 23.5 Å². The molecule has 27 heavy (non-hydrogen) atoms. The molecule has 0 N–H and O–H groups in total. The lowest BCUT2D eigenvalue weighted by molar-refractivity contribution is 0.0985. The van der Waals surface area contributed by atoms with Crippen LogP contribution in [0.2, 0.25) is 0 Å². The van der Waals surface area contributed by atoms with E-state index in [9.17, 15) is 9.18 Å². The molecule has 0 saturated heterocycles. The van der Waals surface area contributed by atoms with E-state index in [2.05, 4.69) is 11.9 Å². The predicted molar refractivity (Wildman–Crippen MR) is 113 cm³/mol. The van der Waals surface area contributed by atoms with Gasteiger partial charge in [0, 0.05) is 23.5 Å². The first kappa shape index (κ1) is 19.8. The molecule has 0 aliphatic rings. The van der Waals surface area contributed by atoms with Gasteiger partial charge in [-0.05, 0) is 56.2 Å². The number of nitrogens with zero attached hydrogens (tertiary/aromatic N) is 3. The average Bonchev–Trinajstić information content (AvgIpc) is 3.04. The second-order valence-electron chi connectivity index (χ2n) is 6.33. The SMILES string of the molecule is CCSc1cccc(C(=O)N(CCN(C)C)c2nc3ccc(F)cc3s2)c1. The number of carbonyl (C=O) groups is 1.